The molecule has 1 heterocycles. The summed E-state index contributed by atoms with van der Waals surface area (Å²) < 4.78 is 0. The van der Waals surface area contributed by atoms with E-state index in [1.807, 2.05) is 0 Å². The smallest absolute Gasteiger partial charge is 0.0807 e. The van der Waals surface area contributed by atoms with Crippen LogP contribution in [0, 0.1) is 11.3 Å². The van der Waals surface area contributed by atoms with Crippen molar-refractivity contribution in [1.29, 1.82) is 0 Å². The van der Waals surface area contributed by atoms with E-state index in [0.29, 0.717) is 17.4 Å². The van der Waals surface area contributed by atoms with Gasteiger partial charge in [0.05, 0.1) is 5.60 Å². The number of aliphatic hydroxyl groups is 1. The Kier molecular flexibility index (Phi) is 2.85. The van der Waals surface area contributed by atoms with Crippen LogP contribution in [0.15, 0.2) is 0 Å². The lowest BCUT2D eigenvalue weighted by Crippen LogP contribution is -2.53. The van der Waals surface area contributed by atoms with Crippen LogP contribution < -0.4 is 5.32 Å². The summed E-state index contributed by atoms with van der Waals surface area (Å²) >= 11 is 0. The van der Waals surface area contributed by atoms with Crippen molar-refractivity contribution >= 4 is 0 Å². The molecule has 1 aliphatic carbocycles. The van der Waals surface area contributed by atoms with Gasteiger partial charge >= 0.3 is 0 Å². The van der Waals surface area contributed by atoms with Crippen LogP contribution in [0.1, 0.15) is 52.9 Å². The van der Waals surface area contributed by atoms with Gasteiger partial charge < -0.3 is 10.4 Å². The molecule has 0 bridgehead atoms. The van der Waals surface area contributed by atoms with E-state index in [0.717, 1.165) is 25.8 Å². The molecule has 0 aromatic heterocycles. The number of rotatable bonds is 1. The molecule has 2 heteroatoms. The second-order valence-corrected chi connectivity index (χ2v) is 6.61. The molecular formula is C13H25NO. The van der Waals surface area contributed by atoms with Crippen molar-refractivity contribution in [2.24, 2.45) is 11.3 Å². The van der Waals surface area contributed by atoms with Gasteiger partial charge in [-0.3, -0.25) is 0 Å². The van der Waals surface area contributed by atoms with Gasteiger partial charge in [0, 0.05) is 6.04 Å². The van der Waals surface area contributed by atoms with E-state index in [9.17, 15) is 5.11 Å². The van der Waals surface area contributed by atoms with Crippen LogP contribution in [0.2, 0.25) is 0 Å². The largest absolute Gasteiger partial charge is 0.388 e. The Morgan fingerprint density at radius 1 is 1.27 bits per heavy atom. The lowest BCUT2D eigenvalue weighted by atomic mass is 9.63. The van der Waals surface area contributed by atoms with Crippen molar-refractivity contribution < 1.29 is 5.11 Å². The highest BCUT2D eigenvalue weighted by Crippen LogP contribution is 2.46. The fourth-order valence-corrected chi connectivity index (χ4v) is 4.00. The van der Waals surface area contributed by atoms with Gasteiger partial charge in [-0.2, -0.15) is 0 Å². The molecule has 15 heavy (non-hydrogen) atoms. The van der Waals surface area contributed by atoms with Crippen LogP contribution in [0.25, 0.3) is 0 Å². The Morgan fingerprint density at radius 2 is 2.00 bits per heavy atom. The van der Waals surface area contributed by atoms with Crippen LogP contribution >= 0.6 is 0 Å². The van der Waals surface area contributed by atoms with Crippen LogP contribution in [0.3, 0.4) is 0 Å². The highest BCUT2D eigenvalue weighted by Gasteiger charge is 2.46. The normalized spacial score (nSPS) is 45.6. The number of hydrogen-bond acceptors (Lipinski definition) is 2. The van der Waals surface area contributed by atoms with Gasteiger partial charge in [0.1, 0.15) is 0 Å². The molecule has 0 aromatic carbocycles. The maximum atomic E-state index is 10.8. The monoisotopic (exact) mass is 211 g/mol. The van der Waals surface area contributed by atoms with E-state index < -0.39 is 5.60 Å². The van der Waals surface area contributed by atoms with Crippen molar-refractivity contribution in [2.75, 3.05) is 6.54 Å². The number of nitrogens with one attached hydrogen (secondary N) is 1. The summed E-state index contributed by atoms with van der Waals surface area (Å²) in [5.41, 5.74) is -0.144. The number of hydrogen-bond donors (Lipinski definition) is 2. The van der Waals surface area contributed by atoms with Gasteiger partial charge in [0.25, 0.3) is 0 Å². The second kappa shape index (κ2) is 3.74. The van der Waals surface area contributed by atoms with E-state index >= 15 is 0 Å². The molecule has 0 radical (unpaired) electrons. The molecule has 2 rings (SSSR count). The first-order chi connectivity index (χ1) is 6.91. The van der Waals surface area contributed by atoms with Crippen LogP contribution in [-0.2, 0) is 0 Å². The Labute approximate surface area is 93.5 Å². The Bertz CT molecular complexity index is 233. The molecule has 1 aliphatic heterocycles. The van der Waals surface area contributed by atoms with Crippen molar-refractivity contribution in [2.45, 2.75) is 64.5 Å². The first kappa shape index (κ1) is 11.4. The molecule has 0 spiro atoms. The zero-order valence-corrected chi connectivity index (χ0v) is 10.3. The highest BCUT2D eigenvalue weighted by atomic mass is 16.3. The Morgan fingerprint density at radius 3 is 2.53 bits per heavy atom. The Hall–Kier alpha value is -0.0800. The maximum absolute atomic E-state index is 10.8. The lowest BCUT2D eigenvalue weighted by Gasteiger charge is -2.47. The predicted octanol–water partition coefficient (Wildman–Crippen LogP) is 2.32. The van der Waals surface area contributed by atoms with Crippen LogP contribution in [0.4, 0.5) is 0 Å². The van der Waals surface area contributed by atoms with Crippen molar-refractivity contribution in [3.8, 4) is 0 Å². The van der Waals surface area contributed by atoms with Crippen LogP contribution in [-0.4, -0.2) is 23.3 Å². The Balaban J connectivity index is 2.12. The molecule has 1 saturated carbocycles. The standard InChI is InChI=1S/C13H25NO/c1-10-7-12(2,3)9-13(15,8-10)11-5-4-6-14-11/h10-11,14-15H,4-9H2,1-3H3. The van der Waals surface area contributed by atoms with E-state index in [4.69, 9.17) is 0 Å². The third-order valence-corrected chi connectivity index (χ3v) is 4.10. The van der Waals surface area contributed by atoms with E-state index in [1.165, 1.54) is 12.8 Å². The molecule has 2 aliphatic rings. The molecule has 1 saturated heterocycles. The minimum atomic E-state index is -0.447. The third kappa shape index (κ3) is 2.36. The summed E-state index contributed by atoms with van der Waals surface area (Å²) in [5.74, 6) is 0.654. The zero-order chi connectivity index (χ0) is 11.1. The fourth-order valence-electron chi connectivity index (χ4n) is 4.00. The molecule has 88 valence electrons. The minimum Gasteiger partial charge on any atom is -0.388 e. The lowest BCUT2D eigenvalue weighted by molar-refractivity contribution is -0.0795. The zero-order valence-electron chi connectivity index (χ0n) is 10.3. The summed E-state index contributed by atoms with van der Waals surface area (Å²) in [6, 6.07) is 0.347. The molecule has 0 amide bonds. The quantitative estimate of drug-likeness (QED) is 0.697. The van der Waals surface area contributed by atoms with Gasteiger partial charge in [-0.1, -0.05) is 20.8 Å². The summed E-state index contributed by atoms with van der Waals surface area (Å²) in [6.45, 7) is 7.95. The summed E-state index contributed by atoms with van der Waals surface area (Å²) in [4.78, 5) is 0. The topological polar surface area (TPSA) is 32.3 Å². The fraction of sp³-hybridized carbons (Fsp3) is 1.00. The maximum Gasteiger partial charge on any atom is 0.0807 e. The minimum absolute atomic E-state index is 0.302. The average molecular weight is 211 g/mol. The van der Waals surface area contributed by atoms with Crippen LogP contribution in [0.5, 0.6) is 0 Å². The van der Waals surface area contributed by atoms with Crippen molar-refractivity contribution in [1.82, 2.24) is 5.32 Å². The highest BCUT2D eigenvalue weighted by molar-refractivity contribution is 5.01. The average Bonchev–Trinajstić information content (AvgIpc) is 2.49. The van der Waals surface area contributed by atoms with Gasteiger partial charge in [-0.25, -0.2) is 0 Å². The molecular weight excluding hydrogens is 186 g/mol. The molecule has 0 aromatic rings. The molecule has 3 unspecified atom stereocenters. The van der Waals surface area contributed by atoms with E-state index in [1.54, 1.807) is 0 Å². The summed E-state index contributed by atoms with van der Waals surface area (Å²) in [5, 5.41) is 14.3. The second-order valence-electron chi connectivity index (χ2n) is 6.61. The first-order valence-electron chi connectivity index (χ1n) is 6.37. The first-order valence-corrected chi connectivity index (χ1v) is 6.37. The summed E-state index contributed by atoms with van der Waals surface area (Å²) in [6.07, 6.45) is 5.57. The predicted molar refractivity (Wildman–Crippen MR) is 62.8 cm³/mol. The van der Waals surface area contributed by atoms with E-state index in [-0.39, 0.29) is 0 Å². The summed E-state index contributed by atoms with van der Waals surface area (Å²) in [7, 11) is 0. The molecule has 2 nitrogen and oxygen atoms in total. The van der Waals surface area contributed by atoms with Gasteiger partial charge in [0.15, 0.2) is 0 Å². The van der Waals surface area contributed by atoms with Gasteiger partial charge in [-0.15, -0.1) is 0 Å². The molecule has 2 N–H and O–H groups in total. The third-order valence-electron chi connectivity index (χ3n) is 4.10. The van der Waals surface area contributed by atoms with Crippen molar-refractivity contribution in [3.05, 3.63) is 0 Å². The van der Waals surface area contributed by atoms with Gasteiger partial charge in [0.2, 0.25) is 0 Å². The molecule has 2 fully saturated rings. The SMILES string of the molecule is CC1CC(C)(C)CC(O)(C2CCCN2)C1. The van der Waals surface area contributed by atoms with E-state index in [2.05, 4.69) is 26.1 Å². The molecule has 3 atom stereocenters. The van der Waals surface area contributed by atoms with Crippen molar-refractivity contribution in [3.63, 3.8) is 0 Å². The van der Waals surface area contributed by atoms with Gasteiger partial charge in [-0.05, 0) is 50.0 Å².